The van der Waals surface area contributed by atoms with Gasteiger partial charge in [0.2, 0.25) is 0 Å². The van der Waals surface area contributed by atoms with Gasteiger partial charge in [0, 0.05) is 19.2 Å². The number of aryl methyl sites for hydroxylation is 3. The van der Waals surface area contributed by atoms with Crippen molar-refractivity contribution in [3.8, 4) is 0 Å². The molecule has 0 aliphatic carbocycles. The van der Waals surface area contributed by atoms with E-state index in [0.717, 1.165) is 30.0 Å². The van der Waals surface area contributed by atoms with Gasteiger partial charge in [-0.3, -0.25) is 4.79 Å². The normalized spacial score (nSPS) is 11.1. The van der Waals surface area contributed by atoms with Crippen LogP contribution in [-0.2, 0) is 19.9 Å². The van der Waals surface area contributed by atoms with E-state index in [9.17, 15) is 4.79 Å². The average molecular weight is 205 g/mol. The number of fused-ring (bicyclic) bond motifs is 1. The Balaban J connectivity index is 2.83. The summed E-state index contributed by atoms with van der Waals surface area (Å²) in [6.45, 7) is 4.05. The fourth-order valence-corrected chi connectivity index (χ4v) is 1.81. The zero-order valence-electron chi connectivity index (χ0n) is 9.29. The van der Waals surface area contributed by atoms with Crippen LogP contribution in [0, 0.1) is 0 Å². The van der Waals surface area contributed by atoms with Crippen LogP contribution in [0.3, 0.4) is 0 Å². The van der Waals surface area contributed by atoms with Crippen molar-refractivity contribution < 1.29 is 0 Å². The predicted octanol–water partition coefficient (Wildman–Crippen LogP) is 1.39. The first-order valence-electron chi connectivity index (χ1n) is 5.24. The van der Waals surface area contributed by atoms with E-state index in [1.165, 1.54) is 0 Å². The standard InChI is InChI=1S/C11H15N3O/c1-4-7-6-8-10(14(7)3)12-9(5-2)13-11(8)15/h6H,4-5H2,1-3H3,(H,12,13,15). The highest BCUT2D eigenvalue weighted by Crippen LogP contribution is 2.13. The third kappa shape index (κ3) is 1.46. The molecule has 4 nitrogen and oxygen atoms in total. The quantitative estimate of drug-likeness (QED) is 0.805. The molecule has 80 valence electrons. The first kappa shape index (κ1) is 9.96. The Hall–Kier alpha value is -1.58. The van der Waals surface area contributed by atoms with Crippen LogP contribution < -0.4 is 5.56 Å². The van der Waals surface area contributed by atoms with Gasteiger partial charge in [0.15, 0.2) is 0 Å². The van der Waals surface area contributed by atoms with Crippen molar-refractivity contribution in [2.24, 2.45) is 7.05 Å². The number of aromatic amines is 1. The van der Waals surface area contributed by atoms with Crippen molar-refractivity contribution in [3.05, 3.63) is 27.9 Å². The van der Waals surface area contributed by atoms with Crippen LogP contribution >= 0.6 is 0 Å². The summed E-state index contributed by atoms with van der Waals surface area (Å²) in [5.41, 5.74) is 1.89. The molecule has 0 aromatic carbocycles. The van der Waals surface area contributed by atoms with Crippen LogP contribution in [0.1, 0.15) is 25.4 Å². The van der Waals surface area contributed by atoms with Crippen LogP contribution in [0.2, 0.25) is 0 Å². The summed E-state index contributed by atoms with van der Waals surface area (Å²) in [5, 5.41) is 0.687. The molecule has 0 amide bonds. The van der Waals surface area contributed by atoms with Crippen molar-refractivity contribution in [1.82, 2.24) is 14.5 Å². The second-order valence-corrected chi connectivity index (χ2v) is 3.65. The summed E-state index contributed by atoms with van der Waals surface area (Å²) in [6.07, 6.45) is 1.66. The minimum Gasteiger partial charge on any atom is -0.332 e. The topological polar surface area (TPSA) is 50.7 Å². The number of H-pyrrole nitrogens is 1. The second-order valence-electron chi connectivity index (χ2n) is 3.65. The average Bonchev–Trinajstić information content (AvgIpc) is 2.56. The van der Waals surface area contributed by atoms with Crippen LogP contribution in [0.15, 0.2) is 10.9 Å². The molecule has 2 rings (SSSR count). The predicted molar refractivity (Wildman–Crippen MR) is 60.1 cm³/mol. The molecular formula is C11H15N3O. The third-order valence-corrected chi connectivity index (χ3v) is 2.74. The molecule has 2 aromatic heterocycles. The lowest BCUT2D eigenvalue weighted by Crippen LogP contribution is -2.11. The van der Waals surface area contributed by atoms with Gasteiger partial charge in [-0.25, -0.2) is 4.98 Å². The van der Waals surface area contributed by atoms with Crippen LogP contribution in [0.25, 0.3) is 11.0 Å². The van der Waals surface area contributed by atoms with E-state index >= 15 is 0 Å². The third-order valence-electron chi connectivity index (χ3n) is 2.74. The summed E-state index contributed by atoms with van der Waals surface area (Å²) in [7, 11) is 1.95. The number of hydrogen-bond donors (Lipinski definition) is 1. The summed E-state index contributed by atoms with van der Waals surface area (Å²) < 4.78 is 1.99. The molecular weight excluding hydrogens is 190 g/mol. The van der Waals surface area contributed by atoms with Gasteiger partial charge in [-0.15, -0.1) is 0 Å². The highest BCUT2D eigenvalue weighted by atomic mass is 16.1. The summed E-state index contributed by atoms with van der Waals surface area (Å²) in [4.78, 5) is 18.9. The van der Waals surface area contributed by atoms with Gasteiger partial charge in [0.25, 0.3) is 5.56 Å². The molecule has 4 heteroatoms. The van der Waals surface area contributed by atoms with Crippen molar-refractivity contribution >= 4 is 11.0 Å². The monoisotopic (exact) mass is 205 g/mol. The maximum atomic E-state index is 11.7. The first-order valence-corrected chi connectivity index (χ1v) is 5.24. The molecule has 0 spiro atoms. The van der Waals surface area contributed by atoms with E-state index in [1.54, 1.807) is 0 Å². The van der Waals surface area contributed by atoms with E-state index in [2.05, 4.69) is 16.9 Å². The lowest BCUT2D eigenvalue weighted by atomic mass is 10.3. The SMILES string of the molecule is CCc1nc2c(cc(CC)n2C)c(=O)[nH]1. The molecule has 2 heterocycles. The van der Waals surface area contributed by atoms with Crippen LogP contribution in [0.4, 0.5) is 0 Å². The van der Waals surface area contributed by atoms with Gasteiger partial charge in [0.1, 0.15) is 11.5 Å². The largest absolute Gasteiger partial charge is 0.332 e. The smallest absolute Gasteiger partial charge is 0.260 e. The molecule has 0 aliphatic rings. The van der Waals surface area contributed by atoms with Crippen molar-refractivity contribution in [2.45, 2.75) is 26.7 Å². The van der Waals surface area contributed by atoms with Gasteiger partial charge < -0.3 is 9.55 Å². The van der Waals surface area contributed by atoms with Gasteiger partial charge in [-0.1, -0.05) is 13.8 Å². The molecule has 0 fully saturated rings. The molecule has 15 heavy (non-hydrogen) atoms. The summed E-state index contributed by atoms with van der Waals surface area (Å²) in [6, 6.07) is 1.92. The van der Waals surface area contributed by atoms with E-state index in [-0.39, 0.29) is 5.56 Å². The summed E-state index contributed by atoms with van der Waals surface area (Å²) >= 11 is 0. The van der Waals surface area contributed by atoms with Gasteiger partial charge in [0.05, 0.1) is 5.39 Å². The van der Waals surface area contributed by atoms with Crippen LogP contribution in [-0.4, -0.2) is 14.5 Å². The molecule has 0 saturated carbocycles. The fraction of sp³-hybridized carbons (Fsp3) is 0.455. The lowest BCUT2D eigenvalue weighted by molar-refractivity contribution is 0.840. The van der Waals surface area contributed by atoms with Crippen molar-refractivity contribution in [3.63, 3.8) is 0 Å². The van der Waals surface area contributed by atoms with Gasteiger partial charge in [-0.2, -0.15) is 0 Å². The Morgan fingerprint density at radius 3 is 2.73 bits per heavy atom. The molecule has 0 radical (unpaired) electrons. The second kappa shape index (κ2) is 3.53. The minimum absolute atomic E-state index is 0.0350. The highest BCUT2D eigenvalue weighted by Gasteiger charge is 2.09. The molecule has 0 aliphatic heterocycles. The van der Waals surface area contributed by atoms with E-state index in [0.29, 0.717) is 5.39 Å². The first-order chi connectivity index (χ1) is 7.17. The Morgan fingerprint density at radius 2 is 2.13 bits per heavy atom. The Kier molecular flexibility index (Phi) is 2.34. The van der Waals surface area contributed by atoms with Gasteiger partial charge in [-0.05, 0) is 12.5 Å². The maximum absolute atomic E-state index is 11.7. The molecule has 2 aromatic rings. The number of aromatic nitrogens is 3. The number of nitrogens with one attached hydrogen (secondary N) is 1. The Labute approximate surface area is 88.0 Å². The number of nitrogens with zero attached hydrogens (tertiary/aromatic N) is 2. The molecule has 1 N–H and O–H groups in total. The zero-order valence-corrected chi connectivity index (χ0v) is 9.29. The minimum atomic E-state index is -0.0350. The van der Waals surface area contributed by atoms with Crippen molar-refractivity contribution in [2.75, 3.05) is 0 Å². The number of rotatable bonds is 2. The maximum Gasteiger partial charge on any atom is 0.260 e. The van der Waals surface area contributed by atoms with E-state index in [4.69, 9.17) is 0 Å². The lowest BCUT2D eigenvalue weighted by Gasteiger charge is -2.01. The molecule has 0 unspecified atom stereocenters. The zero-order chi connectivity index (χ0) is 11.0. The molecule has 0 saturated heterocycles. The molecule has 0 bridgehead atoms. The Bertz CT molecular complexity index is 551. The van der Waals surface area contributed by atoms with Crippen LogP contribution in [0.5, 0.6) is 0 Å². The fourth-order valence-electron chi connectivity index (χ4n) is 1.81. The van der Waals surface area contributed by atoms with Crippen molar-refractivity contribution in [1.29, 1.82) is 0 Å². The summed E-state index contributed by atoms with van der Waals surface area (Å²) in [5.74, 6) is 0.747. The highest BCUT2D eigenvalue weighted by molar-refractivity contribution is 5.76. The van der Waals surface area contributed by atoms with E-state index < -0.39 is 0 Å². The van der Waals surface area contributed by atoms with E-state index in [1.807, 2.05) is 24.6 Å². The van der Waals surface area contributed by atoms with Gasteiger partial charge >= 0.3 is 0 Å². The molecule has 0 atom stereocenters. The number of hydrogen-bond acceptors (Lipinski definition) is 2. The Morgan fingerprint density at radius 1 is 1.40 bits per heavy atom.